The van der Waals surface area contributed by atoms with Crippen LogP contribution in [0.2, 0.25) is 5.02 Å². The molecule has 1 aromatic rings. The Morgan fingerprint density at radius 2 is 1.57 bits per heavy atom. The van der Waals surface area contributed by atoms with Crippen LogP contribution < -0.4 is 22.0 Å². The number of quaternary nitrogens is 1. The van der Waals surface area contributed by atoms with E-state index < -0.39 is 0 Å². The van der Waals surface area contributed by atoms with Gasteiger partial charge in [0, 0.05) is 17.5 Å². The first kappa shape index (κ1) is 25.6. The van der Waals surface area contributed by atoms with E-state index >= 15 is 0 Å². The number of fused-ring (bicyclic) bond motifs is 1. The van der Waals surface area contributed by atoms with Crippen LogP contribution >= 0.6 is 11.6 Å². The van der Waals surface area contributed by atoms with Gasteiger partial charge in [-0.2, -0.15) is 0 Å². The molecule has 0 aliphatic heterocycles. The Hall–Kier alpha value is -0.440. The molecule has 0 saturated heterocycles. The van der Waals surface area contributed by atoms with Gasteiger partial charge in [-0.15, -0.1) is 0 Å². The standard InChI is InChI=1S/C24H40ClNO.ClH/c1-4-5-6-7-8-9-10-11-12-13-19-27-23-18-17-21(25)24-20(23)15-14-16-22(24)26(2)3;/h17-18,22H,4-16,19H2,1-3H3;1H. The predicted molar refractivity (Wildman–Crippen MR) is 117 cm³/mol. The first-order chi connectivity index (χ1) is 13.1. The van der Waals surface area contributed by atoms with E-state index in [0.717, 1.165) is 30.2 Å². The molecule has 2 nitrogen and oxygen atoms in total. The summed E-state index contributed by atoms with van der Waals surface area (Å²) in [5.41, 5.74) is 2.70. The van der Waals surface area contributed by atoms with Gasteiger partial charge in [0.05, 0.1) is 25.7 Å². The highest BCUT2D eigenvalue weighted by Crippen LogP contribution is 2.38. The van der Waals surface area contributed by atoms with Crippen molar-refractivity contribution in [1.82, 2.24) is 0 Å². The lowest BCUT2D eigenvalue weighted by Crippen LogP contribution is -3.06. The summed E-state index contributed by atoms with van der Waals surface area (Å²) in [7, 11) is 4.46. The molecule has 2 rings (SSSR count). The van der Waals surface area contributed by atoms with E-state index in [1.54, 1.807) is 0 Å². The van der Waals surface area contributed by atoms with E-state index in [1.165, 1.54) is 86.7 Å². The van der Waals surface area contributed by atoms with E-state index in [-0.39, 0.29) is 12.4 Å². The average molecular weight is 431 g/mol. The van der Waals surface area contributed by atoms with Gasteiger partial charge in [0.25, 0.3) is 0 Å². The van der Waals surface area contributed by atoms with Gasteiger partial charge in [-0.3, -0.25) is 0 Å². The zero-order valence-electron chi connectivity index (χ0n) is 18.3. The van der Waals surface area contributed by atoms with Crippen molar-refractivity contribution in [3.05, 3.63) is 28.3 Å². The second kappa shape index (κ2) is 14.5. The lowest BCUT2D eigenvalue weighted by atomic mass is 9.86. The summed E-state index contributed by atoms with van der Waals surface area (Å²) in [6.07, 6.45) is 17.2. The second-order valence-corrected chi connectivity index (χ2v) is 8.90. The van der Waals surface area contributed by atoms with Crippen LogP contribution in [0.5, 0.6) is 5.75 Å². The molecule has 0 radical (unpaired) electrons. The van der Waals surface area contributed by atoms with Gasteiger partial charge >= 0.3 is 0 Å². The van der Waals surface area contributed by atoms with Crippen LogP contribution in [-0.2, 0) is 6.42 Å². The number of unbranched alkanes of at least 4 members (excludes halogenated alkanes) is 9. The summed E-state index contributed by atoms with van der Waals surface area (Å²) in [5, 5.41) is 0.919. The number of nitrogens with one attached hydrogen (secondary N) is 1. The monoisotopic (exact) mass is 429 g/mol. The Morgan fingerprint density at radius 3 is 2.18 bits per heavy atom. The van der Waals surface area contributed by atoms with E-state index in [1.807, 2.05) is 6.07 Å². The van der Waals surface area contributed by atoms with Crippen molar-refractivity contribution in [2.45, 2.75) is 96.4 Å². The number of benzene rings is 1. The van der Waals surface area contributed by atoms with E-state index in [0.29, 0.717) is 6.04 Å². The van der Waals surface area contributed by atoms with Crippen LogP contribution in [0.1, 0.15) is 101 Å². The third-order valence-corrected chi connectivity index (χ3v) is 6.31. The molecule has 1 unspecified atom stereocenters. The molecular weight excluding hydrogens is 389 g/mol. The molecular formula is C24H41Cl2NO. The maximum absolute atomic E-state index is 6.56. The molecule has 0 amide bonds. The fraction of sp³-hybridized carbons (Fsp3) is 0.750. The molecule has 0 bridgehead atoms. The Balaban J connectivity index is 0.00000392. The smallest absolute Gasteiger partial charge is 0.123 e. The maximum Gasteiger partial charge on any atom is 0.123 e. The molecule has 0 saturated carbocycles. The van der Waals surface area contributed by atoms with E-state index in [4.69, 9.17) is 16.3 Å². The SMILES string of the molecule is CCCCCCCCCCCCOc1ccc(Cl)c2c1CCCC2[NH+](C)C.[Cl-]. The van der Waals surface area contributed by atoms with Crippen LogP contribution in [0, 0.1) is 0 Å². The Morgan fingerprint density at radius 1 is 0.964 bits per heavy atom. The van der Waals surface area contributed by atoms with Gasteiger partial charge < -0.3 is 22.0 Å². The third kappa shape index (κ3) is 8.13. The molecule has 0 spiro atoms. The van der Waals surface area contributed by atoms with Crippen molar-refractivity contribution in [3.8, 4) is 5.75 Å². The maximum atomic E-state index is 6.56. The molecule has 28 heavy (non-hydrogen) atoms. The van der Waals surface area contributed by atoms with Gasteiger partial charge in [0.2, 0.25) is 0 Å². The van der Waals surface area contributed by atoms with Crippen LogP contribution in [-0.4, -0.2) is 20.7 Å². The molecule has 1 aliphatic rings. The van der Waals surface area contributed by atoms with Crippen LogP contribution in [0.4, 0.5) is 0 Å². The minimum Gasteiger partial charge on any atom is -1.00 e. The number of hydrogen-bond acceptors (Lipinski definition) is 1. The first-order valence-corrected chi connectivity index (χ1v) is 11.8. The van der Waals surface area contributed by atoms with Crippen LogP contribution in [0.25, 0.3) is 0 Å². The van der Waals surface area contributed by atoms with Crippen molar-refractivity contribution in [3.63, 3.8) is 0 Å². The summed E-state index contributed by atoms with van der Waals surface area (Å²) in [6.45, 7) is 3.12. The minimum atomic E-state index is 0. The Bertz CT molecular complexity index is 548. The van der Waals surface area contributed by atoms with Crippen LogP contribution in [0.3, 0.4) is 0 Å². The van der Waals surface area contributed by atoms with Crippen molar-refractivity contribution in [2.24, 2.45) is 0 Å². The number of halogens is 2. The average Bonchev–Trinajstić information content (AvgIpc) is 2.67. The summed E-state index contributed by atoms with van der Waals surface area (Å²) in [4.78, 5) is 1.46. The fourth-order valence-electron chi connectivity index (χ4n) is 4.36. The van der Waals surface area contributed by atoms with E-state index in [2.05, 4.69) is 27.1 Å². The largest absolute Gasteiger partial charge is 1.00 e. The van der Waals surface area contributed by atoms with Crippen molar-refractivity contribution < 1.29 is 22.0 Å². The number of ether oxygens (including phenoxy) is 1. The highest BCUT2D eigenvalue weighted by Gasteiger charge is 2.29. The molecule has 4 heteroatoms. The third-order valence-electron chi connectivity index (χ3n) is 5.98. The molecule has 1 atom stereocenters. The predicted octanol–water partition coefficient (Wildman–Crippen LogP) is 3.17. The highest BCUT2D eigenvalue weighted by atomic mass is 35.5. The molecule has 0 heterocycles. The molecule has 162 valence electrons. The first-order valence-electron chi connectivity index (χ1n) is 11.4. The van der Waals surface area contributed by atoms with Gasteiger partial charge in [-0.25, -0.2) is 0 Å². The molecule has 1 aliphatic carbocycles. The normalized spacial score (nSPS) is 16.0. The highest BCUT2D eigenvalue weighted by molar-refractivity contribution is 6.31. The van der Waals surface area contributed by atoms with Crippen molar-refractivity contribution >= 4 is 11.6 Å². The molecule has 0 fully saturated rings. The number of hydrogen-bond donors (Lipinski definition) is 1. The Kier molecular flexibility index (Phi) is 13.3. The lowest BCUT2D eigenvalue weighted by molar-refractivity contribution is -0.893. The zero-order chi connectivity index (χ0) is 19.5. The molecule has 1 N–H and O–H groups in total. The minimum absolute atomic E-state index is 0. The van der Waals surface area contributed by atoms with Gasteiger partial charge in [0.1, 0.15) is 11.8 Å². The summed E-state index contributed by atoms with van der Waals surface area (Å²) >= 11 is 6.56. The Labute approximate surface area is 184 Å². The van der Waals surface area contributed by atoms with E-state index in [9.17, 15) is 0 Å². The summed E-state index contributed by atoms with van der Waals surface area (Å²) < 4.78 is 6.19. The van der Waals surface area contributed by atoms with Gasteiger partial charge in [0.15, 0.2) is 0 Å². The topological polar surface area (TPSA) is 13.7 Å². The summed E-state index contributed by atoms with van der Waals surface area (Å²) in [5.74, 6) is 1.08. The van der Waals surface area contributed by atoms with Crippen molar-refractivity contribution in [1.29, 1.82) is 0 Å². The van der Waals surface area contributed by atoms with Crippen LogP contribution in [0.15, 0.2) is 12.1 Å². The van der Waals surface area contributed by atoms with Gasteiger partial charge in [-0.1, -0.05) is 76.3 Å². The molecule has 0 aromatic heterocycles. The van der Waals surface area contributed by atoms with Gasteiger partial charge in [-0.05, 0) is 31.4 Å². The van der Waals surface area contributed by atoms with Crippen molar-refractivity contribution in [2.75, 3.05) is 20.7 Å². The zero-order valence-corrected chi connectivity index (χ0v) is 19.8. The second-order valence-electron chi connectivity index (χ2n) is 8.49. The quantitative estimate of drug-likeness (QED) is 0.475. The molecule has 1 aromatic carbocycles. The summed E-state index contributed by atoms with van der Waals surface area (Å²) in [6, 6.07) is 4.63. The fourth-order valence-corrected chi connectivity index (χ4v) is 4.67. The number of rotatable bonds is 13. The lowest BCUT2D eigenvalue weighted by Gasteiger charge is -2.30.